The average Bonchev–Trinajstić information content (AvgIpc) is 3.06. The second-order valence-corrected chi connectivity index (χ2v) is 10.7. The van der Waals surface area contributed by atoms with Gasteiger partial charge in [0.2, 0.25) is 5.91 Å². The minimum atomic E-state index is -3.01. The molecule has 0 saturated carbocycles. The minimum Gasteiger partial charge on any atom is -0.497 e. The first-order valence-electron chi connectivity index (χ1n) is 10.4. The molecule has 0 aromatic heterocycles. The number of ether oxygens (including phenoxy) is 1. The zero-order valence-electron chi connectivity index (χ0n) is 17.7. The predicted octanol–water partition coefficient (Wildman–Crippen LogP) is 1.49. The largest absolute Gasteiger partial charge is 0.497 e. The van der Waals surface area contributed by atoms with Crippen LogP contribution in [0.25, 0.3) is 0 Å². The fourth-order valence-electron chi connectivity index (χ4n) is 4.11. The van der Waals surface area contributed by atoms with Crippen LogP contribution in [-0.2, 0) is 14.6 Å². The van der Waals surface area contributed by atoms with Gasteiger partial charge in [0.1, 0.15) is 5.75 Å². The molecule has 0 unspecified atom stereocenters. The van der Waals surface area contributed by atoms with Crippen LogP contribution in [0.1, 0.15) is 20.3 Å². The summed E-state index contributed by atoms with van der Waals surface area (Å²) < 4.78 is 29.0. The molecule has 0 N–H and O–H groups in total. The van der Waals surface area contributed by atoms with Crippen molar-refractivity contribution in [3.8, 4) is 5.75 Å². The van der Waals surface area contributed by atoms with Gasteiger partial charge in [0.25, 0.3) is 0 Å². The van der Waals surface area contributed by atoms with E-state index in [1.54, 1.807) is 7.11 Å². The maximum atomic E-state index is 13.0. The van der Waals surface area contributed by atoms with Crippen molar-refractivity contribution in [3.05, 3.63) is 24.3 Å². The highest BCUT2D eigenvalue weighted by Gasteiger charge is 2.35. The van der Waals surface area contributed by atoms with E-state index < -0.39 is 9.84 Å². The van der Waals surface area contributed by atoms with Gasteiger partial charge in [-0.1, -0.05) is 13.8 Å². The number of carbonyl (C=O) groups excluding carboxylic acids is 1. The highest BCUT2D eigenvalue weighted by Crippen LogP contribution is 2.22. The van der Waals surface area contributed by atoms with Crippen LogP contribution in [0.4, 0.5) is 5.69 Å². The van der Waals surface area contributed by atoms with Crippen LogP contribution < -0.4 is 9.64 Å². The first-order valence-corrected chi connectivity index (χ1v) is 12.2. The van der Waals surface area contributed by atoms with E-state index in [1.807, 2.05) is 17.0 Å². The molecule has 2 fully saturated rings. The number of piperazine rings is 1. The van der Waals surface area contributed by atoms with Crippen LogP contribution in [0.5, 0.6) is 5.75 Å². The number of amides is 1. The van der Waals surface area contributed by atoms with E-state index in [4.69, 9.17) is 4.74 Å². The third-order valence-electron chi connectivity index (χ3n) is 5.70. The molecule has 1 amide bonds. The Morgan fingerprint density at radius 3 is 2.34 bits per heavy atom. The summed E-state index contributed by atoms with van der Waals surface area (Å²) >= 11 is 0. The molecule has 3 rings (SSSR count). The Balaban J connectivity index is 1.55. The third-order valence-corrected chi connectivity index (χ3v) is 7.45. The molecule has 7 nitrogen and oxygen atoms in total. The maximum absolute atomic E-state index is 13.0. The summed E-state index contributed by atoms with van der Waals surface area (Å²) in [5, 5.41) is 0. The van der Waals surface area contributed by atoms with E-state index in [9.17, 15) is 13.2 Å². The molecular formula is C21H33N3O4S. The Morgan fingerprint density at radius 2 is 1.83 bits per heavy atom. The molecule has 0 radical (unpaired) electrons. The van der Waals surface area contributed by atoms with Crippen LogP contribution in [0.2, 0.25) is 0 Å². The maximum Gasteiger partial charge on any atom is 0.237 e. The van der Waals surface area contributed by atoms with E-state index in [-0.39, 0.29) is 23.5 Å². The highest BCUT2D eigenvalue weighted by atomic mass is 32.2. The molecule has 1 aromatic carbocycles. The van der Waals surface area contributed by atoms with E-state index >= 15 is 0 Å². The van der Waals surface area contributed by atoms with Crippen molar-refractivity contribution < 1.29 is 17.9 Å². The molecule has 2 saturated heterocycles. The Morgan fingerprint density at radius 1 is 1.17 bits per heavy atom. The topological polar surface area (TPSA) is 70.2 Å². The van der Waals surface area contributed by atoms with Gasteiger partial charge in [0.05, 0.1) is 25.2 Å². The average molecular weight is 424 g/mol. The lowest BCUT2D eigenvalue weighted by molar-refractivity contribution is -0.135. The van der Waals surface area contributed by atoms with Crippen LogP contribution in [-0.4, -0.2) is 88.1 Å². The molecule has 0 bridgehead atoms. The Bertz CT molecular complexity index is 787. The van der Waals surface area contributed by atoms with Crippen LogP contribution in [0.3, 0.4) is 0 Å². The predicted molar refractivity (Wildman–Crippen MR) is 115 cm³/mol. The number of sulfone groups is 1. The number of methoxy groups -OCH3 is 1. The molecule has 29 heavy (non-hydrogen) atoms. The number of rotatable bonds is 7. The van der Waals surface area contributed by atoms with Crippen molar-refractivity contribution in [1.29, 1.82) is 0 Å². The van der Waals surface area contributed by atoms with Crippen molar-refractivity contribution in [3.63, 3.8) is 0 Å². The van der Waals surface area contributed by atoms with Crippen molar-refractivity contribution >= 4 is 21.4 Å². The summed E-state index contributed by atoms with van der Waals surface area (Å²) in [7, 11) is -1.35. The van der Waals surface area contributed by atoms with Crippen LogP contribution in [0, 0.1) is 5.92 Å². The van der Waals surface area contributed by atoms with Crippen molar-refractivity contribution in [2.24, 2.45) is 5.92 Å². The standard InChI is InChI=1S/C21H33N3O4S/c1-17(2)14-24(19-8-13-29(26,27)16-19)21(25)15-22-9-11-23(12-10-22)18-4-6-20(28-3)7-5-18/h4-7,17,19H,8-16H2,1-3H3/t19-/m0/s1. The van der Waals surface area contributed by atoms with Gasteiger partial charge in [0, 0.05) is 44.5 Å². The lowest BCUT2D eigenvalue weighted by atomic mass is 10.1. The van der Waals surface area contributed by atoms with Crippen LogP contribution in [0.15, 0.2) is 24.3 Å². The normalized spacial score (nSPS) is 22.1. The first kappa shape index (κ1) is 21.9. The quantitative estimate of drug-likeness (QED) is 0.662. The highest BCUT2D eigenvalue weighted by molar-refractivity contribution is 7.91. The second-order valence-electron chi connectivity index (χ2n) is 8.46. The second kappa shape index (κ2) is 9.34. The third kappa shape index (κ3) is 5.85. The molecule has 2 aliphatic rings. The summed E-state index contributed by atoms with van der Waals surface area (Å²) in [5.41, 5.74) is 1.16. The molecular weight excluding hydrogens is 390 g/mol. The Labute approximate surface area is 174 Å². The summed E-state index contributed by atoms with van der Waals surface area (Å²) in [4.78, 5) is 19.3. The molecule has 0 aliphatic carbocycles. The molecule has 162 valence electrons. The van der Waals surface area contributed by atoms with E-state index in [0.29, 0.717) is 25.4 Å². The van der Waals surface area contributed by atoms with E-state index in [2.05, 4.69) is 35.8 Å². The summed E-state index contributed by atoms with van der Waals surface area (Å²) in [6, 6.07) is 7.88. The van der Waals surface area contributed by atoms with E-state index in [1.165, 1.54) is 0 Å². The number of anilines is 1. The lowest BCUT2D eigenvalue weighted by Gasteiger charge is -2.37. The molecule has 1 atom stereocenters. The fraction of sp³-hybridized carbons (Fsp3) is 0.667. The van der Waals surface area contributed by atoms with Gasteiger partial charge in [-0.25, -0.2) is 8.42 Å². The Hall–Kier alpha value is -1.80. The van der Waals surface area contributed by atoms with Crippen molar-refractivity contribution in [1.82, 2.24) is 9.80 Å². The summed E-state index contributed by atoms with van der Waals surface area (Å²) in [5.74, 6) is 1.52. The lowest BCUT2D eigenvalue weighted by Crippen LogP contribution is -2.52. The molecule has 0 spiro atoms. The zero-order chi connectivity index (χ0) is 21.0. The van der Waals surface area contributed by atoms with Gasteiger partial charge in [-0.2, -0.15) is 0 Å². The van der Waals surface area contributed by atoms with Gasteiger partial charge < -0.3 is 14.5 Å². The zero-order valence-corrected chi connectivity index (χ0v) is 18.5. The van der Waals surface area contributed by atoms with Gasteiger partial charge in [-0.3, -0.25) is 9.69 Å². The van der Waals surface area contributed by atoms with Gasteiger partial charge in [-0.15, -0.1) is 0 Å². The molecule has 2 aliphatic heterocycles. The van der Waals surface area contributed by atoms with Gasteiger partial charge in [0.15, 0.2) is 9.84 Å². The fourth-order valence-corrected chi connectivity index (χ4v) is 5.84. The number of carbonyl (C=O) groups is 1. The van der Waals surface area contributed by atoms with Crippen molar-refractivity contribution in [2.75, 3.05) is 62.8 Å². The van der Waals surface area contributed by atoms with Crippen LogP contribution >= 0.6 is 0 Å². The first-order chi connectivity index (χ1) is 13.8. The van der Waals surface area contributed by atoms with E-state index in [0.717, 1.165) is 37.6 Å². The molecule has 1 aromatic rings. The monoisotopic (exact) mass is 423 g/mol. The molecule has 2 heterocycles. The minimum absolute atomic E-state index is 0.0543. The SMILES string of the molecule is COc1ccc(N2CCN(CC(=O)N(CC(C)C)[C@H]3CCS(=O)(=O)C3)CC2)cc1. The smallest absolute Gasteiger partial charge is 0.237 e. The van der Waals surface area contributed by atoms with Gasteiger partial charge in [-0.05, 0) is 36.6 Å². The molecule has 8 heteroatoms. The number of hydrogen-bond acceptors (Lipinski definition) is 6. The summed E-state index contributed by atoms with van der Waals surface area (Å²) in [6.45, 7) is 8.47. The number of benzene rings is 1. The van der Waals surface area contributed by atoms with Gasteiger partial charge >= 0.3 is 0 Å². The Kier molecular flexibility index (Phi) is 7.05. The summed E-state index contributed by atoms with van der Waals surface area (Å²) in [6.07, 6.45) is 0.562. The van der Waals surface area contributed by atoms with Crippen molar-refractivity contribution in [2.45, 2.75) is 26.3 Å². The number of hydrogen-bond donors (Lipinski definition) is 0. The number of nitrogens with zero attached hydrogens (tertiary/aromatic N) is 3.